The van der Waals surface area contributed by atoms with Gasteiger partial charge in [0.2, 0.25) is 0 Å². The first-order chi connectivity index (χ1) is 13.6. The zero-order valence-electron chi connectivity index (χ0n) is 15.9. The van der Waals surface area contributed by atoms with Gasteiger partial charge in [-0.25, -0.2) is 4.68 Å². The Morgan fingerprint density at radius 1 is 0.821 bits per heavy atom. The molecule has 0 atom stereocenters. The number of amides is 1. The highest BCUT2D eigenvalue weighted by Crippen LogP contribution is 2.24. The van der Waals surface area contributed by atoms with Gasteiger partial charge >= 0.3 is 0 Å². The minimum Gasteiger partial charge on any atom is -0.320 e. The molecule has 0 saturated heterocycles. The van der Waals surface area contributed by atoms with E-state index in [1.807, 2.05) is 98.8 Å². The summed E-state index contributed by atoms with van der Waals surface area (Å²) in [6.07, 6.45) is 0. The van der Waals surface area contributed by atoms with Gasteiger partial charge in [0.05, 0.1) is 11.4 Å². The lowest BCUT2D eigenvalue weighted by atomic mass is 10.1. The molecule has 0 aliphatic carbocycles. The van der Waals surface area contributed by atoms with Gasteiger partial charge in [0, 0.05) is 11.3 Å². The van der Waals surface area contributed by atoms with E-state index >= 15 is 0 Å². The third-order valence-corrected chi connectivity index (χ3v) is 4.73. The summed E-state index contributed by atoms with van der Waals surface area (Å²) in [7, 11) is 0. The molecule has 28 heavy (non-hydrogen) atoms. The van der Waals surface area contributed by atoms with Gasteiger partial charge in [-0.1, -0.05) is 66.7 Å². The highest BCUT2D eigenvalue weighted by atomic mass is 16.2. The Balaban J connectivity index is 1.79. The van der Waals surface area contributed by atoms with Crippen LogP contribution in [0.5, 0.6) is 0 Å². The van der Waals surface area contributed by atoms with Crippen LogP contribution in [0.15, 0.2) is 84.9 Å². The number of nitrogens with zero attached hydrogens (tertiary/aromatic N) is 2. The molecule has 0 bridgehead atoms. The second-order valence-corrected chi connectivity index (χ2v) is 6.75. The molecule has 0 aliphatic rings. The Labute approximate surface area is 164 Å². The fourth-order valence-electron chi connectivity index (χ4n) is 3.25. The van der Waals surface area contributed by atoms with Crippen LogP contribution in [0.3, 0.4) is 0 Å². The SMILES string of the molecule is Cc1cccc(C)c1NC(=O)c1cc(-c2ccccc2)nn1-c1ccccc1. The van der Waals surface area contributed by atoms with Gasteiger partial charge in [-0.05, 0) is 43.2 Å². The van der Waals surface area contributed by atoms with Crippen molar-refractivity contribution in [1.29, 1.82) is 0 Å². The second-order valence-electron chi connectivity index (χ2n) is 6.75. The zero-order valence-corrected chi connectivity index (χ0v) is 15.9. The largest absolute Gasteiger partial charge is 0.320 e. The summed E-state index contributed by atoms with van der Waals surface area (Å²) in [4.78, 5) is 13.2. The molecule has 0 saturated carbocycles. The molecule has 4 rings (SSSR count). The van der Waals surface area contributed by atoms with Gasteiger partial charge in [-0.3, -0.25) is 4.79 Å². The van der Waals surface area contributed by atoms with Crippen molar-refractivity contribution in [3.63, 3.8) is 0 Å². The number of para-hydroxylation sites is 2. The number of hydrogen-bond acceptors (Lipinski definition) is 2. The van der Waals surface area contributed by atoms with E-state index in [2.05, 4.69) is 5.32 Å². The van der Waals surface area contributed by atoms with Crippen molar-refractivity contribution in [3.05, 3.63) is 102 Å². The van der Waals surface area contributed by atoms with Crippen LogP contribution >= 0.6 is 0 Å². The summed E-state index contributed by atoms with van der Waals surface area (Å²) >= 11 is 0. The number of nitrogens with one attached hydrogen (secondary N) is 1. The number of carbonyl (C=O) groups excluding carboxylic acids is 1. The average Bonchev–Trinajstić information content (AvgIpc) is 3.18. The van der Waals surface area contributed by atoms with E-state index in [1.165, 1.54) is 0 Å². The van der Waals surface area contributed by atoms with E-state index in [1.54, 1.807) is 4.68 Å². The molecule has 1 heterocycles. The van der Waals surface area contributed by atoms with E-state index in [-0.39, 0.29) is 5.91 Å². The van der Waals surface area contributed by atoms with Gasteiger partial charge in [-0.15, -0.1) is 0 Å². The van der Waals surface area contributed by atoms with Crippen LogP contribution in [-0.4, -0.2) is 15.7 Å². The highest BCUT2D eigenvalue weighted by Gasteiger charge is 2.19. The molecule has 0 fully saturated rings. The monoisotopic (exact) mass is 367 g/mol. The summed E-state index contributed by atoms with van der Waals surface area (Å²) in [6, 6.07) is 27.4. The normalized spacial score (nSPS) is 10.6. The van der Waals surface area contributed by atoms with Crippen molar-refractivity contribution in [2.24, 2.45) is 0 Å². The maximum Gasteiger partial charge on any atom is 0.274 e. The van der Waals surface area contributed by atoms with Crippen molar-refractivity contribution < 1.29 is 4.79 Å². The van der Waals surface area contributed by atoms with E-state index in [9.17, 15) is 4.79 Å². The zero-order chi connectivity index (χ0) is 19.5. The molecular formula is C24H21N3O. The van der Waals surface area contributed by atoms with Gasteiger partial charge in [0.25, 0.3) is 5.91 Å². The molecule has 4 aromatic rings. The molecule has 138 valence electrons. The minimum absolute atomic E-state index is 0.184. The maximum absolute atomic E-state index is 13.2. The number of rotatable bonds is 4. The molecule has 0 radical (unpaired) electrons. The van der Waals surface area contributed by atoms with E-state index in [0.29, 0.717) is 5.69 Å². The Kier molecular flexibility index (Phi) is 4.77. The Bertz CT molecular complexity index is 1100. The third-order valence-electron chi connectivity index (χ3n) is 4.73. The van der Waals surface area contributed by atoms with Crippen LogP contribution in [0.2, 0.25) is 0 Å². The van der Waals surface area contributed by atoms with Crippen LogP contribution in [-0.2, 0) is 0 Å². The smallest absolute Gasteiger partial charge is 0.274 e. The van der Waals surface area contributed by atoms with Gasteiger partial charge in [-0.2, -0.15) is 5.10 Å². The topological polar surface area (TPSA) is 46.9 Å². The molecule has 3 aromatic carbocycles. The van der Waals surface area contributed by atoms with Crippen LogP contribution in [0.4, 0.5) is 5.69 Å². The number of benzene rings is 3. The van der Waals surface area contributed by atoms with Gasteiger partial charge in [0.1, 0.15) is 5.69 Å². The summed E-state index contributed by atoms with van der Waals surface area (Å²) in [6.45, 7) is 3.99. The number of aryl methyl sites for hydroxylation is 2. The highest BCUT2D eigenvalue weighted by molar-refractivity contribution is 6.05. The van der Waals surface area contributed by atoms with E-state index in [0.717, 1.165) is 33.8 Å². The minimum atomic E-state index is -0.184. The lowest BCUT2D eigenvalue weighted by Gasteiger charge is -2.12. The molecule has 1 N–H and O–H groups in total. The summed E-state index contributed by atoms with van der Waals surface area (Å²) in [5.41, 5.74) is 5.97. The predicted octanol–water partition coefficient (Wildman–Crippen LogP) is 5.41. The van der Waals surface area contributed by atoms with Crippen molar-refractivity contribution in [2.75, 3.05) is 5.32 Å². The van der Waals surface area contributed by atoms with Crippen LogP contribution < -0.4 is 5.32 Å². The first-order valence-electron chi connectivity index (χ1n) is 9.22. The Morgan fingerprint density at radius 2 is 1.43 bits per heavy atom. The second kappa shape index (κ2) is 7.53. The standard InChI is InChI=1S/C24H21N3O/c1-17-10-9-11-18(2)23(17)25-24(28)22-16-21(19-12-5-3-6-13-19)26-27(22)20-14-7-4-8-15-20/h3-16H,1-2H3,(H,25,28). The quantitative estimate of drug-likeness (QED) is 0.524. The number of aromatic nitrogens is 2. The van der Waals surface area contributed by atoms with Crippen molar-refractivity contribution in [3.8, 4) is 16.9 Å². The first kappa shape index (κ1) is 17.7. The number of carbonyl (C=O) groups is 1. The molecule has 4 nitrogen and oxygen atoms in total. The lowest BCUT2D eigenvalue weighted by molar-refractivity contribution is 0.101. The number of anilines is 1. The fraction of sp³-hybridized carbons (Fsp3) is 0.0833. The lowest BCUT2D eigenvalue weighted by Crippen LogP contribution is -2.18. The maximum atomic E-state index is 13.2. The van der Waals surface area contributed by atoms with Crippen LogP contribution in [0, 0.1) is 13.8 Å². The Hall–Kier alpha value is -3.66. The van der Waals surface area contributed by atoms with Gasteiger partial charge < -0.3 is 5.32 Å². The van der Waals surface area contributed by atoms with E-state index < -0.39 is 0 Å². The van der Waals surface area contributed by atoms with Crippen LogP contribution in [0.25, 0.3) is 16.9 Å². The molecule has 0 spiro atoms. The Morgan fingerprint density at radius 3 is 2.07 bits per heavy atom. The predicted molar refractivity (Wildman–Crippen MR) is 113 cm³/mol. The molecular weight excluding hydrogens is 346 g/mol. The molecule has 1 amide bonds. The molecule has 0 unspecified atom stereocenters. The van der Waals surface area contributed by atoms with Crippen molar-refractivity contribution in [2.45, 2.75) is 13.8 Å². The average molecular weight is 367 g/mol. The van der Waals surface area contributed by atoms with Gasteiger partial charge in [0.15, 0.2) is 0 Å². The molecule has 0 aliphatic heterocycles. The van der Waals surface area contributed by atoms with Crippen molar-refractivity contribution in [1.82, 2.24) is 9.78 Å². The summed E-state index contributed by atoms with van der Waals surface area (Å²) < 4.78 is 1.70. The molecule has 4 heteroatoms. The fourth-order valence-corrected chi connectivity index (χ4v) is 3.25. The third kappa shape index (κ3) is 3.45. The summed E-state index contributed by atoms with van der Waals surface area (Å²) in [5, 5.41) is 7.78. The first-order valence-corrected chi connectivity index (χ1v) is 9.22. The van der Waals surface area contributed by atoms with Crippen LogP contribution in [0.1, 0.15) is 21.6 Å². The van der Waals surface area contributed by atoms with E-state index in [4.69, 9.17) is 5.10 Å². The molecule has 1 aromatic heterocycles. The number of hydrogen-bond donors (Lipinski definition) is 1. The van der Waals surface area contributed by atoms with Crippen molar-refractivity contribution >= 4 is 11.6 Å². The summed E-state index contributed by atoms with van der Waals surface area (Å²) in [5.74, 6) is -0.184.